The van der Waals surface area contributed by atoms with Crippen molar-refractivity contribution >= 4 is 33.4 Å². The van der Waals surface area contributed by atoms with Gasteiger partial charge in [-0.3, -0.25) is 0 Å². The maximum absolute atomic E-state index is 5.94. The lowest BCUT2D eigenvalue weighted by atomic mass is 10.2. The van der Waals surface area contributed by atoms with Crippen LogP contribution in [-0.4, -0.2) is 44.8 Å². The fourth-order valence-corrected chi connectivity index (χ4v) is 3.67. The highest BCUT2D eigenvalue weighted by Gasteiger charge is 2.07. The van der Waals surface area contributed by atoms with E-state index in [9.17, 15) is 0 Å². The number of fused-ring (bicyclic) bond motifs is 2. The van der Waals surface area contributed by atoms with E-state index in [1.54, 1.807) is 16.8 Å². The molecule has 3 aromatic heterocycles. The Kier molecular flexibility index (Phi) is 6.53. The van der Waals surface area contributed by atoms with Crippen molar-refractivity contribution in [3.05, 3.63) is 72.6 Å². The van der Waals surface area contributed by atoms with Crippen LogP contribution in [0.4, 0.5) is 11.6 Å². The molecule has 4 N–H and O–H groups in total. The molecule has 0 saturated heterocycles. The van der Waals surface area contributed by atoms with E-state index in [-0.39, 0.29) is 0 Å². The fraction of sp³-hybridized carbons (Fsp3) is 0.200. The molecule has 5 aromatic rings. The maximum atomic E-state index is 5.94. The standard InChI is InChI=1S/C25H25N7O3/c26-24-9-7-18-20(28-24)3-1-5-22(18)34-14-13-33-12-11-32-15-17(30-31-32)16-35-23-6-2-4-21-19(23)8-10-25(27)29-21/h1-10,15H,11-14,16H2,(H2,26,28)(H2,27,29). The van der Waals surface area contributed by atoms with Crippen LogP contribution in [0.5, 0.6) is 11.5 Å². The lowest BCUT2D eigenvalue weighted by molar-refractivity contribution is 0.0928. The molecule has 0 atom stereocenters. The summed E-state index contributed by atoms with van der Waals surface area (Å²) in [6, 6.07) is 18.7. The lowest BCUT2D eigenvalue weighted by Gasteiger charge is -2.10. The Bertz CT molecular complexity index is 1450. The van der Waals surface area contributed by atoms with Crippen molar-refractivity contribution in [2.45, 2.75) is 13.2 Å². The van der Waals surface area contributed by atoms with Gasteiger partial charge >= 0.3 is 0 Å². The molecule has 0 aliphatic heterocycles. The van der Waals surface area contributed by atoms with E-state index < -0.39 is 0 Å². The van der Waals surface area contributed by atoms with Gasteiger partial charge in [0, 0.05) is 10.8 Å². The molecule has 0 amide bonds. The summed E-state index contributed by atoms with van der Waals surface area (Å²) in [4.78, 5) is 8.63. The van der Waals surface area contributed by atoms with Gasteiger partial charge in [0.1, 0.15) is 42.0 Å². The molecule has 2 aromatic carbocycles. The zero-order valence-corrected chi connectivity index (χ0v) is 19.0. The highest BCUT2D eigenvalue weighted by molar-refractivity contribution is 5.86. The van der Waals surface area contributed by atoms with E-state index in [1.165, 1.54) is 0 Å². The predicted octanol–water partition coefficient (Wildman–Crippen LogP) is 3.21. The zero-order chi connectivity index (χ0) is 24.0. The Labute approximate surface area is 201 Å². The summed E-state index contributed by atoms with van der Waals surface area (Å²) in [6.45, 7) is 2.22. The van der Waals surface area contributed by atoms with Crippen LogP contribution in [0.15, 0.2) is 66.9 Å². The minimum atomic E-state index is 0.295. The quantitative estimate of drug-likeness (QED) is 0.294. The summed E-state index contributed by atoms with van der Waals surface area (Å²) in [5, 5.41) is 10.1. The lowest BCUT2D eigenvalue weighted by Crippen LogP contribution is -2.12. The molecule has 0 aliphatic rings. The molecule has 10 heteroatoms. The van der Waals surface area contributed by atoms with Crippen LogP contribution in [0.2, 0.25) is 0 Å². The van der Waals surface area contributed by atoms with Gasteiger partial charge in [0.05, 0.1) is 37.0 Å². The Hall–Kier alpha value is -4.44. The highest BCUT2D eigenvalue weighted by Crippen LogP contribution is 2.26. The number of benzene rings is 2. The summed E-state index contributed by atoms with van der Waals surface area (Å²) in [5.74, 6) is 2.43. The van der Waals surface area contributed by atoms with Crippen LogP contribution < -0.4 is 20.9 Å². The Morgan fingerprint density at radius 3 is 2.06 bits per heavy atom. The molecule has 0 saturated carbocycles. The molecule has 0 bridgehead atoms. The third-order valence-electron chi connectivity index (χ3n) is 5.34. The second-order valence-electron chi connectivity index (χ2n) is 7.84. The summed E-state index contributed by atoms with van der Waals surface area (Å²) in [7, 11) is 0. The Morgan fingerprint density at radius 2 is 1.37 bits per heavy atom. The first-order valence-electron chi connectivity index (χ1n) is 11.2. The Balaban J connectivity index is 1.06. The minimum Gasteiger partial charge on any atom is -0.490 e. The molecule has 0 unspecified atom stereocenters. The van der Waals surface area contributed by atoms with Crippen molar-refractivity contribution in [3.63, 3.8) is 0 Å². The molecular formula is C25H25N7O3. The largest absolute Gasteiger partial charge is 0.490 e. The number of pyridine rings is 2. The van der Waals surface area contributed by atoms with Gasteiger partial charge < -0.3 is 25.7 Å². The summed E-state index contributed by atoms with van der Waals surface area (Å²) in [6.07, 6.45) is 1.84. The molecule has 35 heavy (non-hydrogen) atoms. The zero-order valence-electron chi connectivity index (χ0n) is 19.0. The van der Waals surface area contributed by atoms with Crippen molar-refractivity contribution in [2.75, 3.05) is 31.3 Å². The summed E-state index contributed by atoms with van der Waals surface area (Å²) >= 11 is 0. The number of nitrogens with zero attached hydrogens (tertiary/aromatic N) is 5. The van der Waals surface area contributed by atoms with Gasteiger partial charge in [-0.2, -0.15) is 0 Å². The van der Waals surface area contributed by atoms with Gasteiger partial charge in [0.25, 0.3) is 0 Å². The molecule has 0 fully saturated rings. The molecule has 0 aliphatic carbocycles. The molecule has 0 radical (unpaired) electrons. The van der Waals surface area contributed by atoms with Crippen molar-refractivity contribution < 1.29 is 14.2 Å². The van der Waals surface area contributed by atoms with Gasteiger partial charge in [-0.15, -0.1) is 5.10 Å². The third-order valence-corrected chi connectivity index (χ3v) is 5.34. The van der Waals surface area contributed by atoms with E-state index in [2.05, 4.69) is 20.3 Å². The average molecular weight is 472 g/mol. The van der Waals surface area contributed by atoms with E-state index in [1.807, 2.05) is 54.7 Å². The number of rotatable bonds is 10. The first-order valence-corrected chi connectivity index (χ1v) is 11.2. The summed E-state index contributed by atoms with van der Waals surface area (Å²) in [5.41, 5.74) is 13.8. The summed E-state index contributed by atoms with van der Waals surface area (Å²) < 4.78 is 19.2. The third kappa shape index (κ3) is 5.39. The monoisotopic (exact) mass is 471 g/mol. The number of ether oxygens (including phenoxy) is 3. The SMILES string of the molecule is Nc1ccc2c(OCCOCCn3cc(COc4cccc5nc(N)ccc45)nn3)cccc2n1. The first-order chi connectivity index (χ1) is 17.2. The van der Waals surface area contributed by atoms with E-state index in [0.717, 1.165) is 39.0 Å². The second-order valence-corrected chi connectivity index (χ2v) is 7.84. The van der Waals surface area contributed by atoms with Crippen LogP contribution in [0, 0.1) is 0 Å². The number of hydrogen-bond donors (Lipinski definition) is 2. The van der Waals surface area contributed by atoms with Crippen molar-refractivity contribution in [3.8, 4) is 11.5 Å². The molecule has 3 heterocycles. The number of nitrogens with two attached hydrogens (primary N) is 2. The topological polar surface area (TPSA) is 136 Å². The number of hydrogen-bond acceptors (Lipinski definition) is 9. The van der Waals surface area contributed by atoms with Crippen LogP contribution >= 0.6 is 0 Å². The molecule has 10 nitrogen and oxygen atoms in total. The van der Waals surface area contributed by atoms with Crippen molar-refractivity contribution in [1.29, 1.82) is 0 Å². The number of nitrogen functional groups attached to an aromatic ring is 2. The highest BCUT2D eigenvalue weighted by atomic mass is 16.5. The van der Waals surface area contributed by atoms with Gasteiger partial charge in [-0.05, 0) is 48.5 Å². The second kappa shape index (κ2) is 10.2. The number of anilines is 2. The molecular weight excluding hydrogens is 446 g/mol. The number of aromatic nitrogens is 5. The van der Waals surface area contributed by atoms with Gasteiger partial charge in [0.2, 0.25) is 0 Å². The fourth-order valence-electron chi connectivity index (χ4n) is 3.67. The van der Waals surface area contributed by atoms with E-state index in [0.29, 0.717) is 44.6 Å². The molecule has 5 rings (SSSR count). The minimum absolute atomic E-state index is 0.295. The van der Waals surface area contributed by atoms with Crippen molar-refractivity contribution in [2.24, 2.45) is 0 Å². The van der Waals surface area contributed by atoms with Gasteiger partial charge in [-0.25, -0.2) is 14.6 Å². The van der Waals surface area contributed by atoms with Gasteiger partial charge in [-0.1, -0.05) is 17.3 Å². The van der Waals surface area contributed by atoms with Crippen LogP contribution in [0.3, 0.4) is 0 Å². The van der Waals surface area contributed by atoms with Crippen LogP contribution in [0.25, 0.3) is 21.8 Å². The van der Waals surface area contributed by atoms with Crippen LogP contribution in [0.1, 0.15) is 5.69 Å². The van der Waals surface area contributed by atoms with E-state index in [4.69, 9.17) is 25.7 Å². The molecule has 178 valence electrons. The Morgan fingerprint density at radius 1 is 0.714 bits per heavy atom. The smallest absolute Gasteiger partial charge is 0.134 e. The maximum Gasteiger partial charge on any atom is 0.134 e. The van der Waals surface area contributed by atoms with E-state index >= 15 is 0 Å². The molecule has 0 spiro atoms. The van der Waals surface area contributed by atoms with Gasteiger partial charge in [0.15, 0.2) is 0 Å². The van der Waals surface area contributed by atoms with Crippen molar-refractivity contribution in [1.82, 2.24) is 25.0 Å². The van der Waals surface area contributed by atoms with Crippen LogP contribution in [-0.2, 0) is 17.9 Å². The predicted molar refractivity (Wildman–Crippen MR) is 133 cm³/mol. The average Bonchev–Trinajstić information content (AvgIpc) is 3.32. The normalized spacial score (nSPS) is 11.2. The first kappa shape index (κ1) is 22.4.